The van der Waals surface area contributed by atoms with Crippen LogP contribution in [0.15, 0.2) is 24.3 Å². The van der Waals surface area contributed by atoms with Gasteiger partial charge in [-0.25, -0.2) is 4.79 Å². The van der Waals surface area contributed by atoms with E-state index in [0.29, 0.717) is 18.7 Å². The molecular formula is C20H28N2O5. The number of hydrogen-bond acceptors (Lipinski definition) is 4. The second-order valence-corrected chi connectivity index (χ2v) is 8.09. The van der Waals surface area contributed by atoms with Crippen LogP contribution in [0.2, 0.25) is 0 Å². The highest BCUT2D eigenvalue weighted by atomic mass is 16.5. The molecule has 1 saturated heterocycles. The number of nitrogens with one attached hydrogen (secondary N) is 1. The minimum Gasteiger partial charge on any atom is -0.480 e. The van der Waals surface area contributed by atoms with Crippen molar-refractivity contribution in [3.63, 3.8) is 0 Å². The molecule has 0 unspecified atom stereocenters. The van der Waals surface area contributed by atoms with Crippen molar-refractivity contribution >= 4 is 23.5 Å². The van der Waals surface area contributed by atoms with Gasteiger partial charge >= 0.3 is 5.97 Å². The number of anilines is 1. The topological polar surface area (TPSA) is 95.9 Å². The number of aliphatic carboxylic acids is 1. The van der Waals surface area contributed by atoms with Crippen molar-refractivity contribution in [1.29, 1.82) is 0 Å². The summed E-state index contributed by atoms with van der Waals surface area (Å²) in [6, 6.07) is 7.56. The molecule has 0 spiro atoms. The van der Waals surface area contributed by atoms with Crippen LogP contribution in [0.4, 0.5) is 5.69 Å². The number of β-lactam (4-membered cyclic amide) rings is 1. The lowest BCUT2D eigenvalue weighted by Crippen LogP contribution is -2.52. The molecular weight excluding hydrogens is 348 g/mol. The van der Waals surface area contributed by atoms with Gasteiger partial charge in [-0.05, 0) is 28.5 Å². The Morgan fingerprint density at radius 3 is 2.26 bits per heavy atom. The van der Waals surface area contributed by atoms with Crippen LogP contribution in [0.5, 0.6) is 0 Å². The van der Waals surface area contributed by atoms with Crippen molar-refractivity contribution in [2.24, 2.45) is 5.41 Å². The first-order valence-electron chi connectivity index (χ1n) is 9.00. The third-order valence-corrected chi connectivity index (χ3v) is 5.58. The molecule has 2 amide bonds. The Hall–Kier alpha value is -2.41. The number of benzene rings is 1. The lowest BCUT2D eigenvalue weighted by Gasteiger charge is -2.47. The summed E-state index contributed by atoms with van der Waals surface area (Å²) in [5.41, 5.74) is 1.42. The highest BCUT2D eigenvalue weighted by Crippen LogP contribution is 2.42. The third kappa shape index (κ3) is 5.07. The van der Waals surface area contributed by atoms with Crippen LogP contribution in [-0.2, 0) is 24.5 Å². The number of rotatable bonds is 9. The summed E-state index contributed by atoms with van der Waals surface area (Å²) >= 11 is 0. The van der Waals surface area contributed by atoms with Crippen molar-refractivity contribution in [3.8, 4) is 0 Å². The van der Waals surface area contributed by atoms with E-state index in [2.05, 4.69) is 33.0 Å². The van der Waals surface area contributed by atoms with E-state index in [1.54, 1.807) is 0 Å². The minimum absolute atomic E-state index is 0.126. The largest absolute Gasteiger partial charge is 0.480 e. The lowest BCUT2D eigenvalue weighted by atomic mass is 9.63. The molecule has 7 heteroatoms. The molecule has 0 aliphatic carbocycles. The van der Waals surface area contributed by atoms with Gasteiger partial charge in [0.25, 0.3) is 0 Å². The Bertz CT molecular complexity index is 710. The summed E-state index contributed by atoms with van der Waals surface area (Å²) in [6.45, 7) is 9.36. The maximum atomic E-state index is 11.8. The number of nitrogens with zero attached hydrogens (tertiary/aromatic N) is 1. The maximum Gasteiger partial charge on any atom is 0.329 e. The molecule has 1 aliphatic rings. The van der Waals surface area contributed by atoms with Crippen LogP contribution in [0.1, 0.15) is 39.7 Å². The van der Waals surface area contributed by atoms with Crippen LogP contribution in [0.25, 0.3) is 0 Å². The summed E-state index contributed by atoms with van der Waals surface area (Å²) < 4.78 is 4.77. The van der Waals surface area contributed by atoms with E-state index in [0.717, 1.165) is 12.1 Å². The van der Waals surface area contributed by atoms with E-state index in [9.17, 15) is 14.4 Å². The van der Waals surface area contributed by atoms with Crippen LogP contribution in [0, 0.1) is 5.41 Å². The van der Waals surface area contributed by atoms with Crippen molar-refractivity contribution in [3.05, 3.63) is 29.8 Å². The fraction of sp³-hybridized carbons (Fsp3) is 0.550. The van der Waals surface area contributed by atoms with Crippen LogP contribution >= 0.6 is 0 Å². The Morgan fingerprint density at radius 1 is 1.15 bits per heavy atom. The fourth-order valence-electron chi connectivity index (χ4n) is 2.99. The van der Waals surface area contributed by atoms with Gasteiger partial charge in [-0.1, -0.05) is 39.8 Å². The molecule has 1 aliphatic heterocycles. The Morgan fingerprint density at radius 2 is 1.78 bits per heavy atom. The quantitative estimate of drug-likeness (QED) is 0.645. The third-order valence-electron chi connectivity index (χ3n) is 5.58. The Labute approximate surface area is 159 Å². The molecule has 1 aromatic rings. The molecule has 1 heterocycles. The van der Waals surface area contributed by atoms with Gasteiger partial charge in [0, 0.05) is 25.2 Å². The average Bonchev–Trinajstić information content (AvgIpc) is 2.58. The van der Waals surface area contributed by atoms with Gasteiger partial charge < -0.3 is 20.1 Å². The fourth-order valence-corrected chi connectivity index (χ4v) is 2.99. The van der Waals surface area contributed by atoms with Crippen molar-refractivity contribution in [1.82, 2.24) is 4.90 Å². The second-order valence-electron chi connectivity index (χ2n) is 8.09. The minimum atomic E-state index is -1.11. The molecule has 0 atom stereocenters. The second kappa shape index (κ2) is 8.08. The first-order chi connectivity index (χ1) is 12.5. The van der Waals surface area contributed by atoms with E-state index < -0.39 is 18.5 Å². The number of carboxylic acids is 1. The molecule has 0 bridgehead atoms. The zero-order valence-electron chi connectivity index (χ0n) is 16.4. The lowest BCUT2D eigenvalue weighted by molar-refractivity contribution is -0.143. The molecule has 27 heavy (non-hydrogen) atoms. The predicted octanol–water partition coefficient (Wildman–Crippen LogP) is 2.26. The summed E-state index contributed by atoms with van der Waals surface area (Å²) in [6.07, 6.45) is 0.640. The van der Waals surface area contributed by atoms with Gasteiger partial charge in [-0.15, -0.1) is 0 Å². The Balaban J connectivity index is 1.99. The van der Waals surface area contributed by atoms with Gasteiger partial charge in [0.15, 0.2) is 0 Å². The molecule has 0 aromatic heterocycles. The standard InChI is InChI=1S/C20H28N2O5/c1-19(2,13-22-10-9-17(22)24)20(3,4)14-5-7-15(8-6-14)21-16(23)11-27-12-18(25)26/h5-8H,9-13H2,1-4H3,(H,21,23)(H,25,26). The monoisotopic (exact) mass is 376 g/mol. The molecule has 1 fully saturated rings. The first kappa shape index (κ1) is 20.9. The van der Waals surface area contributed by atoms with E-state index in [4.69, 9.17) is 9.84 Å². The number of likely N-dealkylation sites (tertiary alicyclic amines) is 1. The summed E-state index contributed by atoms with van der Waals surface area (Å²) in [5.74, 6) is -1.31. The Kier molecular flexibility index (Phi) is 6.26. The molecule has 2 N–H and O–H groups in total. The first-order valence-corrected chi connectivity index (χ1v) is 9.00. The number of carbonyl (C=O) groups is 3. The van der Waals surface area contributed by atoms with Crippen molar-refractivity contribution in [2.45, 2.75) is 39.5 Å². The van der Waals surface area contributed by atoms with E-state index in [-0.39, 0.29) is 23.3 Å². The number of amides is 2. The zero-order chi connectivity index (χ0) is 20.2. The molecule has 2 rings (SSSR count). The average molecular weight is 376 g/mol. The van der Waals surface area contributed by atoms with E-state index in [1.807, 2.05) is 29.2 Å². The maximum absolute atomic E-state index is 11.8. The summed E-state index contributed by atoms with van der Waals surface area (Å²) in [4.78, 5) is 35.7. The van der Waals surface area contributed by atoms with Gasteiger partial charge in [-0.3, -0.25) is 9.59 Å². The molecule has 0 radical (unpaired) electrons. The molecule has 148 valence electrons. The van der Waals surface area contributed by atoms with Gasteiger partial charge in [0.1, 0.15) is 13.2 Å². The zero-order valence-corrected chi connectivity index (χ0v) is 16.4. The van der Waals surface area contributed by atoms with E-state index in [1.165, 1.54) is 0 Å². The number of carbonyl (C=O) groups excluding carboxylic acids is 2. The SMILES string of the molecule is CC(C)(CN1CCC1=O)C(C)(C)c1ccc(NC(=O)COCC(=O)O)cc1. The smallest absolute Gasteiger partial charge is 0.329 e. The predicted molar refractivity (Wildman–Crippen MR) is 102 cm³/mol. The highest BCUT2D eigenvalue weighted by Gasteiger charge is 2.41. The number of carboxylic acid groups (broad SMARTS) is 1. The van der Waals surface area contributed by atoms with Gasteiger partial charge in [0.2, 0.25) is 11.8 Å². The molecule has 7 nitrogen and oxygen atoms in total. The van der Waals surface area contributed by atoms with Crippen LogP contribution in [-0.4, -0.2) is 54.1 Å². The van der Waals surface area contributed by atoms with Gasteiger partial charge in [-0.2, -0.15) is 0 Å². The number of hydrogen-bond donors (Lipinski definition) is 2. The van der Waals surface area contributed by atoms with Crippen LogP contribution < -0.4 is 5.32 Å². The van der Waals surface area contributed by atoms with E-state index >= 15 is 0 Å². The van der Waals surface area contributed by atoms with Gasteiger partial charge in [0.05, 0.1) is 0 Å². The van der Waals surface area contributed by atoms with Crippen molar-refractivity contribution < 1.29 is 24.2 Å². The van der Waals surface area contributed by atoms with Crippen LogP contribution in [0.3, 0.4) is 0 Å². The van der Waals surface area contributed by atoms with Crippen molar-refractivity contribution in [2.75, 3.05) is 31.6 Å². The molecule has 0 saturated carbocycles. The number of ether oxygens (including phenoxy) is 1. The normalized spacial score (nSPS) is 14.7. The summed E-state index contributed by atoms with van der Waals surface area (Å²) in [5, 5.41) is 11.2. The highest BCUT2D eigenvalue weighted by molar-refractivity contribution is 5.91. The summed E-state index contributed by atoms with van der Waals surface area (Å²) in [7, 11) is 0. The molecule has 1 aromatic carbocycles.